The molecule has 3 atom stereocenters. The SMILES string of the molecule is CCCCNC(=O)C(C)NC(C)CS(C)=O. The molecule has 1 amide bonds. The predicted octanol–water partition coefficient (Wildman–Crippen LogP) is 0.648. The lowest BCUT2D eigenvalue weighted by Crippen LogP contribution is -2.47. The molecule has 0 aromatic rings. The molecule has 0 rings (SSSR count). The number of nitrogens with one attached hydrogen (secondary N) is 2. The molecule has 2 N–H and O–H groups in total. The molecule has 16 heavy (non-hydrogen) atoms. The highest BCUT2D eigenvalue weighted by Gasteiger charge is 2.15. The van der Waals surface area contributed by atoms with Crippen molar-refractivity contribution in [2.75, 3.05) is 18.6 Å². The minimum absolute atomic E-state index is 0.0159. The highest BCUT2D eigenvalue weighted by Crippen LogP contribution is 1.91. The van der Waals surface area contributed by atoms with Crippen LogP contribution in [0.15, 0.2) is 0 Å². The second-order valence-corrected chi connectivity index (χ2v) is 5.65. The van der Waals surface area contributed by atoms with Crippen LogP contribution in [0.4, 0.5) is 0 Å². The van der Waals surface area contributed by atoms with Crippen molar-refractivity contribution in [2.45, 2.75) is 45.7 Å². The Labute approximate surface area is 101 Å². The van der Waals surface area contributed by atoms with Crippen LogP contribution in [0, 0.1) is 0 Å². The standard InChI is InChI=1S/C11H24N2O2S/c1-5-6-7-12-11(14)10(3)13-9(2)8-16(4)15/h9-10,13H,5-8H2,1-4H3,(H,12,14). The van der Waals surface area contributed by atoms with Gasteiger partial charge in [-0.25, -0.2) is 0 Å². The van der Waals surface area contributed by atoms with Gasteiger partial charge in [-0.05, 0) is 20.3 Å². The molecule has 0 saturated heterocycles. The summed E-state index contributed by atoms with van der Waals surface area (Å²) in [7, 11) is -0.826. The van der Waals surface area contributed by atoms with Crippen molar-refractivity contribution >= 4 is 16.7 Å². The highest BCUT2D eigenvalue weighted by atomic mass is 32.2. The third-order valence-electron chi connectivity index (χ3n) is 2.24. The molecule has 0 heterocycles. The van der Waals surface area contributed by atoms with Gasteiger partial charge < -0.3 is 10.6 Å². The molecule has 0 aliphatic heterocycles. The first-order chi connectivity index (χ1) is 7.47. The molecular weight excluding hydrogens is 224 g/mol. The smallest absolute Gasteiger partial charge is 0.236 e. The Morgan fingerprint density at radius 3 is 2.50 bits per heavy atom. The van der Waals surface area contributed by atoms with Gasteiger partial charge in [-0.2, -0.15) is 0 Å². The molecule has 0 fully saturated rings. The van der Waals surface area contributed by atoms with Crippen LogP contribution >= 0.6 is 0 Å². The van der Waals surface area contributed by atoms with Crippen molar-refractivity contribution in [1.29, 1.82) is 0 Å². The summed E-state index contributed by atoms with van der Waals surface area (Å²) in [6, 6.07) is -0.131. The number of unbranched alkanes of at least 4 members (excludes halogenated alkanes) is 1. The molecule has 0 saturated carbocycles. The number of carbonyl (C=O) groups excluding carboxylic acids is 1. The first-order valence-corrected chi connectivity index (χ1v) is 7.53. The van der Waals surface area contributed by atoms with Gasteiger partial charge >= 0.3 is 0 Å². The molecule has 0 aliphatic carbocycles. The third kappa shape index (κ3) is 7.82. The highest BCUT2D eigenvalue weighted by molar-refractivity contribution is 7.84. The van der Waals surface area contributed by atoms with E-state index in [0.29, 0.717) is 5.75 Å². The van der Waals surface area contributed by atoms with Crippen LogP contribution in [0.25, 0.3) is 0 Å². The largest absolute Gasteiger partial charge is 0.355 e. The monoisotopic (exact) mass is 248 g/mol. The maximum Gasteiger partial charge on any atom is 0.236 e. The summed E-state index contributed by atoms with van der Waals surface area (Å²) in [6.45, 7) is 6.59. The summed E-state index contributed by atoms with van der Waals surface area (Å²) >= 11 is 0. The molecular formula is C11H24N2O2S. The van der Waals surface area contributed by atoms with Gasteiger partial charge in [0, 0.05) is 35.4 Å². The molecule has 4 nitrogen and oxygen atoms in total. The Hall–Kier alpha value is -0.420. The van der Waals surface area contributed by atoms with E-state index in [0.717, 1.165) is 19.4 Å². The number of carbonyl (C=O) groups is 1. The fourth-order valence-corrected chi connectivity index (χ4v) is 2.24. The van der Waals surface area contributed by atoms with Crippen LogP contribution in [0.1, 0.15) is 33.6 Å². The molecule has 0 aromatic carbocycles. The van der Waals surface area contributed by atoms with Gasteiger partial charge in [0.25, 0.3) is 0 Å². The van der Waals surface area contributed by atoms with Crippen LogP contribution in [-0.4, -0.2) is 40.8 Å². The van der Waals surface area contributed by atoms with Crippen molar-refractivity contribution in [2.24, 2.45) is 0 Å². The van der Waals surface area contributed by atoms with Crippen molar-refractivity contribution in [3.05, 3.63) is 0 Å². The van der Waals surface area contributed by atoms with Crippen molar-refractivity contribution in [3.8, 4) is 0 Å². The summed E-state index contributed by atoms with van der Waals surface area (Å²) < 4.78 is 11.0. The Morgan fingerprint density at radius 2 is 2.00 bits per heavy atom. The second kappa shape index (κ2) is 8.70. The van der Waals surface area contributed by atoms with Gasteiger partial charge in [0.15, 0.2) is 0 Å². The van der Waals surface area contributed by atoms with E-state index in [-0.39, 0.29) is 18.0 Å². The van der Waals surface area contributed by atoms with Gasteiger partial charge in [0.05, 0.1) is 6.04 Å². The summed E-state index contributed by atoms with van der Waals surface area (Å²) in [4.78, 5) is 11.6. The van der Waals surface area contributed by atoms with Crippen molar-refractivity contribution in [3.63, 3.8) is 0 Å². The van der Waals surface area contributed by atoms with Crippen LogP contribution < -0.4 is 10.6 Å². The van der Waals surface area contributed by atoms with E-state index in [2.05, 4.69) is 17.6 Å². The number of amides is 1. The Morgan fingerprint density at radius 1 is 1.38 bits per heavy atom. The van der Waals surface area contributed by atoms with Crippen LogP contribution in [0.2, 0.25) is 0 Å². The molecule has 5 heteroatoms. The van der Waals surface area contributed by atoms with E-state index in [1.165, 1.54) is 0 Å². The summed E-state index contributed by atoms with van der Waals surface area (Å²) in [5.74, 6) is 0.592. The second-order valence-electron chi connectivity index (χ2n) is 4.17. The van der Waals surface area contributed by atoms with Crippen LogP contribution in [-0.2, 0) is 15.6 Å². The quantitative estimate of drug-likeness (QED) is 0.620. The Balaban J connectivity index is 3.81. The topological polar surface area (TPSA) is 58.2 Å². The van der Waals surface area contributed by atoms with Crippen molar-refractivity contribution in [1.82, 2.24) is 10.6 Å². The van der Waals surface area contributed by atoms with E-state index in [1.54, 1.807) is 6.26 Å². The molecule has 0 aromatic heterocycles. The lowest BCUT2D eigenvalue weighted by atomic mass is 10.2. The molecule has 0 aliphatic rings. The number of hydrogen-bond acceptors (Lipinski definition) is 3. The maximum absolute atomic E-state index is 11.6. The molecule has 96 valence electrons. The van der Waals surface area contributed by atoms with Gasteiger partial charge in [-0.15, -0.1) is 0 Å². The van der Waals surface area contributed by atoms with E-state index >= 15 is 0 Å². The normalized spacial score (nSPS) is 16.5. The Bertz CT molecular complexity index is 234. The molecule has 3 unspecified atom stereocenters. The van der Waals surface area contributed by atoms with Gasteiger partial charge in [-0.3, -0.25) is 9.00 Å². The minimum Gasteiger partial charge on any atom is -0.355 e. The fourth-order valence-electron chi connectivity index (χ4n) is 1.44. The average Bonchev–Trinajstić information content (AvgIpc) is 2.16. The maximum atomic E-state index is 11.6. The minimum atomic E-state index is -0.826. The zero-order valence-electron chi connectivity index (χ0n) is 10.7. The first kappa shape index (κ1) is 15.6. The van der Waals surface area contributed by atoms with E-state index in [4.69, 9.17) is 0 Å². The predicted molar refractivity (Wildman–Crippen MR) is 68.9 cm³/mol. The lowest BCUT2D eigenvalue weighted by molar-refractivity contribution is -0.122. The zero-order chi connectivity index (χ0) is 12.6. The number of hydrogen-bond donors (Lipinski definition) is 2. The Kier molecular flexibility index (Phi) is 8.47. The fraction of sp³-hybridized carbons (Fsp3) is 0.909. The van der Waals surface area contributed by atoms with Gasteiger partial charge in [0.2, 0.25) is 5.91 Å². The summed E-state index contributed by atoms with van der Waals surface area (Å²) in [6.07, 6.45) is 3.75. The summed E-state index contributed by atoms with van der Waals surface area (Å²) in [5.41, 5.74) is 0. The first-order valence-electron chi connectivity index (χ1n) is 5.81. The third-order valence-corrected chi connectivity index (χ3v) is 3.21. The lowest BCUT2D eigenvalue weighted by Gasteiger charge is -2.18. The van der Waals surface area contributed by atoms with Crippen molar-refractivity contribution < 1.29 is 9.00 Å². The summed E-state index contributed by atoms with van der Waals surface area (Å²) in [5, 5.41) is 6.00. The molecule has 0 radical (unpaired) electrons. The number of rotatable bonds is 8. The molecule has 0 bridgehead atoms. The van der Waals surface area contributed by atoms with Crippen LogP contribution in [0.5, 0.6) is 0 Å². The zero-order valence-corrected chi connectivity index (χ0v) is 11.5. The van der Waals surface area contributed by atoms with Gasteiger partial charge in [0.1, 0.15) is 0 Å². The van der Waals surface area contributed by atoms with Crippen LogP contribution in [0.3, 0.4) is 0 Å². The molecule has 0 spiro atoms. The average molecular weight is 248 g/mol. The van der Waals surface area contributed by atoms with E-state index < -0.39 is 10.8 Å². The van der Waals surface area contributed by atoms with E-state index in [9.17, 15) is 9.00 Å². The van der Waals surface area contributed by atoms with Gasteiger partial charge in [-0.1, -0.05) is 13.3 Å². The van der Waals surface area contributed by atoms with E-state index in [1.807, 2.05) is 13.8 Å².